The molecule has 6 heteroatoms. The van der Waals surface area contributed by atoms with E-state index in [4.69, 9.17) is 4.74 Å². The maximum absolute atomic E-state index is 12.4. The van der Waals surface area contributed by atoms with Gasteiger partial charge in [0, 0.05) is 23.3 Å². The Morgan fingerprint density at radius 3 is 2.74 bits per heavy atom. The molecule has 0 saturated heterocycles. The van der Waals surface area contributed by atoms with Gasteiger partial charge in [-0.3, -0.25) is 9.78 Å². The summed E-state index contributed by atoms with van der Waals surface area (Å²) in [7, 11) is 0. The smallest absolute Gasteiger partial charge is 0.261 e. The summed E-state index contributed by atoms with van der Waals surface area (Å²) in [6, 6.07) is 11.7. The maximum Gasteiger partial charge on any atom is 0.261 e. The largest absolute Gasteiger partial charge is 0.481 e. The molecule has 1 N–H and O–H groups in total. The number of carbonyl (C=O) groups is 1. The Bertz CT molecular complexity index is 893. The van der Waals surface area contributed by atoms with Crippen LogP contribution in [0.25, 0.3) is 10.6 Å². The SMILES string of the molecule is CC(Oc1ccccc1C(C)C)C(=O)NCc1csc(-c2cccnc2)n1. The number of para-hydroxylation sites is 1. The second-order valence-corrected chi connectivity index (χ2v) is 7.41. The fraction of sp³-hybridized carbons (Fsp3) is 0.286. The monoisotopic (exact) mass is 381 g/mol. The Kier molecular flexibility index (Phi) is 6.19. The van der Waals surface area contributed by atoms with E-state index in [0.29, 0.717) is 12.5 Å². The fourth-order valence-electron chi connectivity index (χ4n) is 2.64. The average Bonchev–Trinajstić information content (AvgIpc) is 3.16. The zero-order valence-corrected chi connectivity index (χ0v) is 16.5. The predicted octanol–water partition coefficient (Wildman–Crippen LogP) is 4.41. The van der Waals surface area contributed by atoms with E-state index in [-0.39, 0.29) is 5.91 Å². The number of hydrogen-bond acceptors (Lipinski definition) is 5. The lowest BCUT2D eigenvalue weighted by atomic mass is 10.0. The molecule has 140 valence electrons. The molecule has 2 aromatic heterocycles. The van der Waals surface area contributed by atoms with Crippen molar-refractivity contribution in [3.05, 3.63) is 65.4 Å². The lowest BCUT2D eigenvalue weighted by Gasteiger charge is -2.18. The summed E-state index contributed by atoms with van der Waals surface area (Å²) in [6.07, 6.45) is 2.93. The molecule has 0 radical (unpaired) electrons. The molecule has 5 nitrogen and oxygen atoms in total. The zero-order valence-electron chi connectivity index (χ0n) is 15.7. The standard InChI is InChI=1S/C21H23N3O2S/c1-14(2)18-8-4-5-9-19(18)26-15(3)20(25)23-12-17-13-27-21(24-17)16-7-6-10-22-11-16/h4-11,13-15H,12H2,1-3H3,(H,23,25). The van der Waals surface area contributed by atoms with Gasteiger partial charge < -0.3 is 10.1 Å². The van der Waals surface area contributed by atoms with Gasteiger partial charge in [-0.15, -0.1) is 11.3 Å². The number of ether oxygens (including phenoxy) is 1. The van der Waals surface area contributed by atoms with Crippen LogP contribution in [0.1, 0.15) is 37.9 Å². The van der Waals surface area contributed by atoms with Crippen molar-refractivity contribution in [2.45, 2.75) is 39.3 Å². The molecule has 1 atom stereocenters. The molecule has 2 heterocycles. The average molecular weight is 382 g/mol. The van der Waals surface area contributed by atoms with Gasteiger partial charge in [-0.25, -0.2) is 4.98 Å². The molecule has 0 spiro atoms. The van der Waals surface area contributed by atoms with E-state index >= 15 is 0 Å². The van der Waals surface area contributed by atoms with Gasteiger partial charge in [0.1, 0.15) is 10.8 Å². The van der Waals surface area contributed by atoms with Crippen LogP contribution in [-0.2, 0) is 11.3 Å². The number of nitrogens with one attached hydrogen (secondary N) is 1. The van der Waals surface area contributed by atoms with Crippen LogP contribution in [0.2, 0.25) is 0 Å². The fourth-order valence-corrected chi connectivity index (χ4v) is 3.45. The van der Waals surface area contributed by atoms with Gasteiger partial charge in [-0.05, 0) is 36.6 Å². The van der Waals surface area contributed by atoms with Crippen molar-refractivity contribution in [1.29, 1.82) is 0 Å². The van der Waals surface area contributed by atoms with Crippen molar-refractivity contribution >= 4 is 17.2 Å². The summed E-state index contributed by atoms with van der Waals surface area (Å²) in [5, 5.41) is 5.73. The van der Waals surface area contributed by atoms with E-state index in [0.717, 1.165) is 27.6 Å². The van der Waals surface area contributed by atoms with Crippen LogP contribution in [0, 0.1) is 0 Å². The van der Waals surface area contributed by atoms with Crippen molar-refractivity contribution in [2.24, 2.45) is 0 Å². The lowest BCUT2D eigenvalue weighted by molar-refractivity contribution is -0.127. The topological polar surface area (TPSA) is 64.1 Å². The van der Waals surface area contributed by atoms with Gasteiger partial charge in [0.25, 0.3) is 5.91 Å². The Balaban J connectivity index is 1.57. The summed E-state index contributed by atoms with van der Waals surface area (Å²) in [5.74, 6) is 0.921. The summed E-state index contributed by atoms with van der Waals surface area (Å²) in [6.45, 7) is 6.34. The summed E-state index contributed by atoms with van der Waals surface area (Å²) in [5.41, 5.74) is 2.89. The van der Waals surface area contributed by atoms with Crippen LogP contribution in [0.5, 0.6) is 5.75 Å². The van der Waals surface area contributed by atoms with E-state index < -0.39 is 6.10 Å². The molecule has 0 aliphatic carbocycles. The molecule has 0 aliphatic heterocycles. The summed E-state index contributed by atoms with van der Waals surface area (Å²) >= 11 is 1.54. The van der Waals surface area contributed by atoms with E-state index in [1.54, 1.807) is 19.3 Å². The van der Waals surface area contributed by atoms with E-state index in [1.165, 1.54) is 11.3 Å². The molecule has 3 rings (SSSR count). The Labute approximate surface area is 163 Å². The Hall–Kier alpha value is -2.73. The van der Waals surface area contributed by atoms with Crippen molar-refractivity contribution in [3.8, 4) is 16.3 Å². The van der Waals surface area contributed by atoms with Gasteiger partial charge in [0.15, 0.2) is 6.10 Å². The van der Waals surface area contributed by atoms with Crippen LogP contribution in [-0.4, -0.2) is 22.0 Å². The number of pyridine rings is 1. The number of aromatic nitrogens is 2. The molecular formula is C21H23N3O2S. The minimum atomic E-state index is -0.582. The van der Waals surface area contributed by atoms with E-state index in [2.05, 4.69) is 29.1 Å². The van der Waals surface area contributed by atoms with E-state index in [1.807, 2.05) is 41.8 Å². The molecule has 0 fully saturated rings. The van der Waals surface area contributed by atoms with Gasteiger partial charge in [-0.1, -0.05) is 32.0 Å². The van der Waals surface area contributed by atoms with Gasteiger partial charge in [0.2, 0.25) is 0 Å². The Morgan fingerprint density at radius 1 is 1.19 bits per heavy atom. The zero-order chi connectivity index (χ0) is 19.2. The first kappa shape index (κ1) is 19.0. The third-order valence-corrected chi connectivity index (χ3v) is 5.06. The molecule has 27 heavy (non-hydrogen) atoms. The normalized spacial score (nSPS) is 12.0. The number of carbonyl (C=O) groups excluding carboxylic acids is 1. The third-order valence-electron chi connectivity index (χ3n) is 4.12. The first-order valence-electron chi connectivity index (χ1n) is 8.92. The van der Waals surface area contributed by atoms with Crippen molar-refractivity contribution < 1.29 is 9.53 Å². The molecule has 1 amide bonds. The lowest BCUT2D eigenvalue weighted by Crippen LogP contribution is -2.36. The highest BCUT2D eigenvalue weighted by molar-refractivity contribution is 7.13. The van der Waals surface area contributed by atoms with Gasteiger partial charge in [-0.2, -0.15) is 0 Å². The molecule has 1 aromatic carbocycles. The first-order chi connectivity index (χ1) is 13.0. The van der Waals surface area contributed by atoms with E-state index in [9.17, 15) is 4.79 Å². The number of rotatable bonds is 7. The van der Waals surface area contributed by atoms with Crippen molar-refractivity contribution in [1.82, 2.24) is 15.3 Å². The Morgan fingerprint density at radius 2 is 2.00 bits per heavy atom. The minimum Gasteiger partial charge on any atom is -0.481 e. The second kappa shape index (κ2) is 8.77. The maximum atomic E-state index is 12.4. The quantitative estimate of drug-likeness (QED) is 0.658. The molecule has 0 bridgehead atoms. The molecule has 3 aromatic rings. The molecule has 0 aliphatic rings. The molecular weight excluding hydrogens is 358 g/mol. The van der Waals surface area contributed by atoms with Gasteiger partial charge in [0.05, 0.1) is 12.2 Å². The van der Waals surface area contributed by atoms with Crippen LogP contribution < -0.4 is 10.1 Å². The number of nitrogens with zero attached hydrogens (tertiary/aromatic N) is 2. The third kappa shape index (κ3) is 4.92. The highest BCUT2D eigenvalue weighted by Gasteiger charge is 2.17. The molecule has 1 unspecified atom stereocenters. The first-order valence-corrected chi connectivity index (χ1v) is 9.80. The second-order valence-electron chi connectivity index (χ2n) is 6.56. The predicted molar refractivity (Wildman–Crippen MR) is 108 cm³/mol. The number of hydrogen-bond donors (Lipinski definition) is 1. The van der Waals surface area contributed by atoms with Crippen LogP contribution in [0.15, 0.2) is 54.2 Å². The summed E-state index contributed by atoms with van der Waals surface area (Å²) < 4.78 is 5.89. The highest BCUT2D eigenvalue weighted by atomic mass is 32.1. The van der Waals surface area contributed by atoms with Crippen molar-refractivity contribution in [3.63, 3.8) is 0 Å². The van der Waals surface area contributed by atoms with Crippen LogP contribution in [0.4, 0.5) is 0 Å². The number of benzene rings is 1. The van der Waals surface area contributed by atoms with Crippen LogP contribution in [0.3, 0.4) is 0 Å². The summed E-state index contributed by atoms with van der Waals surface area (Å²) in [4.78, 5) is 21.1. The van der Waals surface area contributed by atoms with Crippen molar-refractivity contribution in [2.75, 3.05) is 0 Å². The van der Waals surface area contributed by atoms with Gasteiger partial charge >= 0.3 is 0 Å². The highest BCUT2D eigenvalue weighted by Crippen LogP contribution is 2.27. The number of amides is 1. The minimum absolute atomic E-state index is 0.163. The number of thiazole rings is 1. The van der Waals surface area contributed by atoms with Crippen LogP contribution >= 0.6 is 11.3 Å². The molecule has 0 saturated carbocycles.